The summed E-state index contributed by atoms with van der Waals surface area (Å²) in [5.74, 6) is -0.211. The first-order valence-corrected chi connectivity index (χ1v) is 5.81. The van der Waals surface area contributed by atoms with E-state index in [-0.39, 0.29) is 12.0 Å². The Morgan fingerprint density at radius 1 is 1.39 bits per heavy atom. The first kappa shape index (κ1) is 10.8. The van der Waals surface area contributed by atoms with Crippen molar-refractivity contribution >= 4 is 11.7 Å². The summed E-state index contributed by atoms with van der Waals surface area (Å²) in [6.45, 7) is 0.469. The quantitative estimate of drug-likeness (QED) is 0.642. The summed E-state index contributed by atoms with van der Waals surface area (Å²) in [6.07, 6.45) is 4.27. The van der Waals surface area contributed by atoms with Gasteiger partial charge in [-0.2, -0.15) is 5.10 Å². The van der Waals surface area contributed by atoms with Crippen molar-refractivity contribution in [2.24, 2.45) is 0 Å². The standard InChI is InChI=1S/C13H13N3O2/c14-11-3-1-2-9(6-11)10-7-15-16(8-10)12-4-5-18-13(12)17/h1-3,6-8,12H,4-5,14H2. The van der Waals surface area contributed by atoms with Crippen LogP contribution in [0.4, 0.5) is 5.69 Å². The van der Waals surface area contributed by atoms with Crippen molar-refractivity contribution in [1.29, 1.82) is 0 Å². The minimum Gasteiger partial charge on any atom is -0.464 e. The van der Waals surface area contributed by atoms with Crippen molar-refractivity contribution in [3.63, 3.8) is 0 Å². The summed E-state index contributed by atoms with van der Waals surface area (Å²) in [7, 11) is 0. The smallest absolute Gasteiger partial charge is 0.331 e. The van der Waals surface area contributed by atoms with Crippen molar-refractivity contribution in [2.75, 3.05) is 12.3 Å². The van der Waals surface area contributed by atoms with E-state index in [0.29, 0.717) is 18.7 Å². The van der Waals surface area contributed by atoms with Gasteiger partial charge in [-0.3, -0.25) is 4.68 Å². The third-order valence-corrected chi connectivity index (χ3v) is 3.05. The highest BCUT2D eigenvalue weighted by Crippen LogP contribution is 2.25. The minimum absolute atomic E-state index is 0.211. The van der Waals surface area contributed by atoms with Crippen LogP contribution in [0, 0.1) is 0 Å². The molecule has 1 aromatic heterocycles. The zero-order chi connectivity index (χ0) is 12.5. The number of carbonyl (C=O) groups excluding carboxylic acids is 1. The Morgan fingerprint density at radius 2 is 2.28 bits per heavy atom. The monoisotopic (exact) mass is 243 g/mol. The second-order valence-electron chi connectivity index (χ2n) is 4.31. The SMILES string of the molecule is Nc1cccc(-c2cnn(C3CCOC3=O)c2)c1. The molecule has 5 heteroatoms. The average molecular weight is 243 g/mol. The molecule has 2 heterocycles. The maximum absolute atomic E-state index is 11.5. The first-order valence-electron chi connectivity index (χ1n) is 5.81. The highest BCUT2D eigenvalue weighted by atomic mass is 16.5. The molecule has 0 radical (unpaired) electrons. The topological polar surface area (TPSA) is 70.1 Å². The van der Waals surface area contributed by atoms with Crippen molar-refractivity contribution in [3.05, 3.63) is 36.7 Å². The molecular weight excluding hydrogens is 230 g/mol. The minimum atomic E-state index is -0.292. The Balaban J connectivity index is 1.92. The van der Waals surface area contributed by atoms with E-state index >= 15 is 0 Å². The number of benzene rings is 1. The van der Waals surface area contributed by atoms with Gasteiger partial charge in [0, 0.05) is 23.9 Å². The zero-order valence-electron chi connectivity index (χ0n) is 9.74. The lowest BCUT2D eigenvalue weighted by Crippen LogP contribution is -2.14. The molecule has 92 valence electrons. The maximum atomic E-state index is 11.5. The number of hydrogen-bond acceptors (Lipinski definition) is 4. The van der Waals surface area contributed by atoms with Gasteiger partial charge in [-0.05, 0) is 17.7 Å². The van der Waals surface area contributed by atoms with Crippen LogP contribution in [0.3, 0.4) is 0 Å². The number of nitrogen functional groups attached to an aromatic ring is 1. The van der Waals surface area contributed by atoms with Gasteiger partial charge in [-0.15, -0.1) is 0 Å². The van der Waals surface area contributed by atoms with Crippen molar-refractivity contribution < 1.29 is 9.53 Å². The Kier molecular flexibility index (Phi) is 2.51. The first-order chi connectivity index (χ1) is 8.74. The molecule has 2 aromatic rings. The molecule has 18 heavy (non-hydrogen) atoms. The molecule has 1 unspecified atom stereocenters. The van der Waals surface area contributed by atoms with Gasteiger partial charge in [0.2, 0.25) is 0 Å². The van der Waals surface area contributed by atoms with E-state index in [9.17, 15) is 4.79 Å². The summed E-state index contributed by atoms with van der Waals surface area (Å²) in [5, 5.41) is 4.23. The Labute approximate surface area is 104 Å². The number of cyclic esters (lactones) is 1. The van der Waals surface area contributed by atoms with E-state index in [2.05, 4.69) is 5.10 Å². The predicted molar refractivity (Wildman–Crippen MR) is 66.7 cm³/mol. The maximum Gasteiger partial charge on any atom is 0.331 e. The normalized spacial score (nSPS) is 18.9. The number of anilines is 1. The number of nitrogens with two attached hydrogens (primary N) is 1. The molecule has 1 aromatic carbocycles. The fourth-order valence-electron chi connectivity index (χ4n) is 2.10. The van der Waals surface area contributed by atoms with E-state index in [4.69, 9.17) is 10.5 Å². The Morgan fingerprint density at radius 3 is 3.00 bits per heavy atom. The molecule has 0 spiro atoms. The molecule has 1 fully saturated rings. The van der Waals surface area contributed by atoms with Gasteiger partial charge < -0.3 is 10.5 Å². The van der Waals surface area contributed by atoms with Crippen LogP contribution < -0.4 is 5.73 Å². The van der Waals surface area contributed by atoms with Gasteiger partial charge in [-0.1, -0.05) is 12.1 Å². The van der Waals surface area contributed by atoms with Gasteiger partial charge in [0.1, 0.15) is 0 Å². The van der Waals surface area contributed by atoms with Gasteiger partial charge >= 0.3 is 5.97 Å². The van der Waals surface area contributed by atoms with Crippen LogP contribution in [0.2, 0.25) is 0 Å². The number of rotatable bonds is 2. The lowest BCUT2D eigenvalue weighted by Gasteiger charge is -2.04. The van der Waals surface area contributed by atoms with E-state index < -0.39 is 0 Å². The number of nitrogens with zero attached hydrogens (tertiary/aromatic N) is 2. The lowest BCUT2D eigenvalue weighted by molar-refractivity contribution is -0.140. The zero-order valence-corrected chi connectivity index (χ0v) is 9.74. The van der Waals surface area contributed by atoms with Crippen molar-refractivity contribution in [2.45, 2.75) is 12.5 Å². The second-order valence-corrected chi connectivity index (χ2v) is 4.31. The van der Waals surface area contributed by atoms with Crippen LogP contribution in [-0.4, -0.2) is 22.4 Å². The number of esters is 1. The fourth-order valence-corrected chi connectivity index (χ4v) is 2.10. The molecule has 5 nitrogen and oxygen atoms in total. The molecule has 1 aliphatic heterocycles. The fraction of sp³-hybridized carbons (Fsp3) is 0.231. The van der Waals surface area contributed by atoms with Gasteiger partial charge in [0.15, 0.2) is 6.04 Å². The molecular formula is C13H13N3O2. The Hall–Kier alpha value is -2.30. The molecule has 2 N–H and O–H groups in total. The highest BCUT2D eigenvalue weighted by molar-refractivity contribution is 5.76. The van der Waals surface area contributed by atoms with Crippen LogP contribution in [0.5, 0.6) is 0 Å². The summed E-state index contributed by atoms with van der Waals surface area (Å²) in [5.41, 5.74) is 8.39. The molecule has 0 aliphatic carbocycles. The van der Waals surface area contributed by atoms with Crippen LogP contribution >= 0.6 is 0 Å². The molecule has 0 bridgehead atoms. The second kappa shape index (κ2) is 4.18. The van der Waals surface area contributed by atoms with E-state index in [0.717, 1.165) is 11.1 Å². The summed E-state index contributed by atoms with van der Waals surface area (Å²) >= 11 is 0. The van der Waals surface area contributed by atoms with Crippen LogP contribution in [0.1, 0.15) is 12.5 Å². The molecule has 3 rings (SSSR count). The molecule has 0 amide bonds. The third-order valence-electron chi connectivity index (χ3n) is 3.05. The van der Waals surface area contributed by atoms with Crippen LogP contribution in [0.25, 0.3) is 11.1 Å². The molecule has 1 aliphatic rings. The van der Waals surface area contributed by atoms with Crippen molar-refractivity contribution in [3.8, 4) is 11.1 Å². The third kappa shape index (κ3) is 1.84. The van der Waals surface area contributed by atoms with Gasteiger partial charge in [0.05, 0.1) is 12.8 Å². The Bertz CT molecular complexity index is 591. The van der Waals surface area contributed by atoms with Gasteiger partial charge in [0.25, 0.3) is 0 Å². The largest absolute Gasteiger partial charge is 0.464 e. The van der Waals surface area contributed by atoms with E-state index in [1.54, 1.807) is 10.9 Å². The summed E-state index contributed by atoms with van der Waals surface area (Å²) < 4.78 is 6.59. The summed E-state index contributed by atoms with van der Waals surface area (Å²) in [6, 6.07) is 7.28. The number of hydrogen-bond donors (Lipinski definition) is 1. The van der Waals surface area contributed by atoms with E-state index in [1.165, 1.54) is 0 Å². The number of ether oxygens (including phenoxy) is 1. The molecule has 0 saturated carbocycles. The van der Waals surface area contributed by atoms with Gasteiger partial charge in [-0.25, -0.2) is 4.79 Å². The highest BCUT2D eigenvalue weighted by Gasteiger charge is 2.28. The van der Waals surface area contributed by atoms with Crippen molar-refractivity contribution in [1.82, 2.24) is 9.78 Å². The number of carbonyl (C=O) groups is 1. The summed E-state index contributed by atoms with van der Waals surface area (Å²) in [4.78, 5) is 11.5. The molecule has 1 atom stereocenters. The van der Waals surface area contributed by atoms with E-state index in [1.807, 2.05) is 30.5 Å². The number of aromatic nitrogens is 2. The molecule has 1 saturated heterocycles. The van der Waals surface area contributed by atoms with Crippen LogP contribution in [0.15, 0.2) is 36.7 Å². The van der Waals surface area contributed by atoms with Crippen LogP contribution in [-0.2, 0) is 9.53 Å². The average Bonchev–Trinajstić information content (AvgIpc) is 2.97. The lowest BCUT2D eigenvalue weighted by atomic mass is 10.1. The predicted octanol–water partition coefficient (Wildman–Crippen LogP) is 1.62.